The Morgan fingerprint density at radius 3 is 2.62 bits per heavy atom. The van der Waals surface area contributed by atoms with Crippen molar-refractivity contribution < 1.29 is 24.2 Å². The van der Waals surface area contributed by atoms with Gasteiger partial charge in [0.15, 0.2) is 6.10 Å². The summed E-state index contributed by atoms with van der Waals surface area (Å²) in [6, 6.07) is 6.14. The van der Waals surface area contributed by atoms with Crippen LogP contribution in [0.2, 0.25) is 0 Å². The van der Waals surface area contributed by atoms with Crippen LogP contribution < -0.4 is 16.0 Å². The molecule has 142 valence electrons. The minimum atomic E-state index is -1.12. The average molecular weight is 363 g/mol. The van der Waals surface area contributed by atoms with Gasteiger partial charge in [0.1, 0.15) is 0 Å². The van der Waals surface area contributed by atoms with Crippen LogP contribution in [0.1, 0.15) is 43.0 Å². The molecule has 0 radical (unpaired) electrons. The molecular formula is C18H25N3O5. The first-order chi connectivity index (χ1) is 12.5. The third-order valence-electron chi connectivity index (χ3n) is 4.15. The van der Waals surface area contributed by atoms with Crippen LogP contribution in [0.5, 0.6) is 0 Å². The second-order valence-electron chi connectivity index (χ2n) is 6.19. The maximum atomic E-state index is 12.3. The number of carbonyl (C=O) groups excluding carboxylic acids is 3. The normalized spacial score (nSPS) is 15.2. The Balaban J connectivity index is 1.87. The Bertz CT molecular complexity index is 643. The molecule has 1 atom stereocenters. The van der Waals surface area contributed by atoms with Crippen LogP contribution in [0.3, 0.4) is 0 Å². The van der Waals surface area contributed by atoms with Crippen LogP contribution >= 0.6 is 0 Å². The van der Waals surface area contributed by atoms with Gasteiger partial charge in [-0.3, -0.25) is 10.1 Å². The van der Waals surface area contributed by atoms with E-state index in [2.05, 4.69) is 16.0 Å². The maximum absolute atomic E-state index is 12.3. The Hall–Kier alpha value is -2.61. The first kappa shape index (κ1) is 19.7. The second-order valence-corrected chi connectivity index (χ2v) is 6.19. The van der Waals surface area contributed by atoms with Gasteiger partial charge in [0.2, 0.25) is 0 Å². The van der Waals surface area contributed by atoms with Gasteiger partial charge in [-0.25, -0.2) is 9.59 Å². The molecule has 0 heterocycles. The summed E-state index contributed by atoms with van der Waals surface area (Å²) in [6.07, 6.45) is 2.82. The number of benzene rings is 1. The predicted molar refractivity (Wildman–Crippen MR) is 95.8 cm³/mol. The summed E-state index contributed by atoms with van der Waals surface area (Å²) in [5, 5.41) is 16.7. The fraction of sp³-hybridized carbons (Fsp3) is 0.500. The lowest BCUT2D eigenvalue weighted by atomic mass is 10.1. The number of esters is 1. The minimum Gasteiger partial charge on any atom is -0.449 e. The SMILES string of the molecule is C[C@@H](OC(=O)c1ccccc1NCCO)C(=O)NC(=O)NC1CCCC1. The Morgan fingerprint density at radius 2 is 1.92 bits per heavy atom. The number of amides is 3. The molecule has 8 heteroatoms. The first-order valence-corrected chi connectivity index (χ1v) is 8.77. The molecule has 0 bridgehead atoms. The largest absolute Gasteiger partial charge is 0.449 e. The van der Waals surface area contributed by atoms with Crippen molar-refractivity contribution in [2.45, 2.75) is 44.8 Å². The standard InChI is InChI=1S/C18H25N3O5/c1-12(16(23)21-18(25)20-13-6-2-3-7-13)26-17(24)14-8-4-5-9-15(14)19-10-11-22/h4-5,8-9,12-13,19,22H,2-3,6-7,10-11H2,1H3,(H2,20,21,23,25)/t12-/m1/s1. The van der Waals surface area contributed by atoms with E-state index in [9.17, 15) is 14.4 Å². The average Bonchev–Trinajstić information content (AvgIpc) is 3.12. The minimum absolute atomic E-state index is 0.0850. The zero-order valence-corrected chi connectivity index (χ0v) is 14.8. The summed E-state index contributed by atoms with van der Waals surface area (Å²) in [4.78, 5) is 36.2. The number of hydrogen-bond acceptors (Lipinski definition) is 6. The van der Waals surface area contributed by atoms with E-state index >= 15 is 0 Å². The molecule has 0 unspecified atom stereocenters. The quantitative estimate of drug-likeness (QED) is 0.544. The number of imide groups is 1. The molecule has 1 saturated carbocycles. The molecule has 1 aliphatic rings. The van der Waals surface area contributed by atoms with Crippen molar-refractivity contribution in [3.63, 3.8) is 0 Å². The van der Waals surface area contributed by atoms with E-state index in [-0.39, 0.29) is 24.8 Å². The number of aliphatic hydroxyl groups is 1. The van der Waals surface area contributed by atoms with E-state index in [0.717, 1.165) is 25.7 Å². The highest BCUT2D eigenvalue weighted by Crippen LogP contribution is 2.18. The highest BCUT2D eigenvalue weighted by molar-refractivity contribution is 6.00. The van der Waals surface area contributed by atoms with Crippen LogP contribution in [-0.4, -0.2) is 48.3 Å². The van der Waals surface area contributed by atoms with Gasteiger partial charge in [-0.15, -0.1) is 0 Å². The molecule has 1 aliphatic carbocycles. The molecule has 1 aromatic carbocycles. The molecule has 0 saturated heterocycles. The van der Waals surface area contributed by atoms with Crippen molar-refractivity contribution in [2.24, 2.45) is 0 Å². The monoisotopic (exact) mass is 363 g/mol. The van der Waals surface area contributed by atoms with E-state index < -0.39 is 24.0 Å². The molecule has 0 aliphatic heterocycles. The van der Waals surface area contributed by atoms with Crippen LogP contribution in [0.25, 0.3) is 0 Å². The molecule has 4 N–H and O–H groups in total. The number of ether oxygens (including phenoxy) is 1. The number of para-hydroxylation sites is 1. The summed E-state index contributed by atoms with van der Waals surface area (Å²) in [6.45, 7) is 1.60. The van der Waals surface area contributed by atoms with Gasteiger partial charge in [0.25, 0.3) is 5.91 Å². The molecule has 2 rings (SSSR count). The van der Waals surface area contributed by atoms with Crippen molar-refractivity contribution in [1.82, 2.24) is 10.6 Å². The smallest absolute Gasteiger partial charge is 0.341 e. The fourth-order valence-electron chi connectivity index (χ4n) is 2.79. The third-order valence-corrected chi connectivity index (χ3v) is 4.15. The lowest BCUT2D eigenvalue weighted by Gasteiger charge is -2.16. The van der Waals surface area contributed by atoms with Crippen molar-refractivity contribution in [1.29, 1.82) is 0 Å². The van der Waals surface area contributed by atoms with Crippen molar-refractivity contribution >= 4 is 23.6 Å². The van der Waals surface area contributed by atoms with E-state index in [1.165, 1.54) is 6.92 Å². The maximum Gasteiger partial charge on any atom is 0.341 e. The molecule has 1 aromatic rings. The van der Waals surface area contributed by atoms with E-state index in [4.69, 9.17) is 9.84 Å². The molecule has 3 amide bonds. The zero-order chi connectivity index (χ0) is 18.9. The summed E-state index contributed by atoms with van der Waals surface area (Å²) in [5.74, 6) is -1.38. The lowest BCUT2D eigenvalue weighted by molar-refractivity contribution is -0.127. The highest BCUT2D eigenvalue weighted by atomic mass is 16.5. The van der Waals surface area contributed by atoms with E-state index in [1.54, 1.807) is 24.3 Å². The second kappa shape index (κ2) is 9.76. The van der Waals surface area contributed by atoms with Crippen LogP contribution in [0.15, 0.2) is 24.3 Å². The van der Waals surface area contributed by atoms with Crippen LogP contribution in [0.4, 0.5) is 10.5 Å². The number of rotatable bonds is 7. The van der Waals surface area contributed by atoms with Gasteiger partial charge in [-0.2, -0.15) is 0 Å². The summed E-state index contributed by atoms with van der Waals surface area (Å²) in [7, 11) is 0. The number of nitrogens with one attached hydrogen (secondary N) is 3. The molecule has 26 heavy (non-hydrogen) atoms. The first-order valence-electron chi connectivity index (χ1n) is 8.77. The van der Waals surface area contributed by atoms with Gasteiger partial charge in [-0.05, 0) is 31.9 Å². The van der Waals surface area contributed by atoms with Gasteiger partial charge < -0.3 is 20.5 Å². The molecule has 0 aromatic heterocycles. The van der Waals surface area contributed by atoms with E-state index in [1.807, 2.05) is 0 Å². The van der Waals surface area contributed by atoms with Crippen molar-refractivity contribution in [3.05, 3.63) is 29.8 Å². The molecule has 8 nitrogen and oxygen atoms in total. The van der Waals surface area contributed by atoms with Gasteiger partial charge in [0, 0.05) is 18.3 Å². The Morgan fingerprint density at radius 1 is 1.23 bits per heavy atom. The van der Waals surface area contributed by atoms with Crippen LogP contribution in [0, 0.1) is 0 Å². The van der Waals surface area contributed by atoms with E-state index in [0.29, 0.717) is 5.69 Å². The fourth-order valence-corrected chi connectivity index (χ4v) is 2.79. The van der Waals surface area contributed by atoms with Gasteiger partial charge in [-0.1, -0.05) is 25.0 Å². The van der Waals surface area contributed by atoms with Gasteiger partial charge in [0.05, 0.1) is 12.2 Å². The highest BCUT2D eigenvalue weighted by Gasteiger charge is 2.24. The predicted octanol–water partition coefficient (Wildman–Crippen LogP) is 1.40. The summed E-state index contributed by atoms with van der Waals surface area (Å²) < 4.78 is 5.16. The Labute approximate surface area is 152 Å². The zero-order valence-electron chi connectivity index (χ0n) is 14.8. The number of urea groups is 1. The third kappa shape index (κ3) is 5.73. The van der Waals surface area contributed by atoms with Crippen molar-refractivity contribution in [3.8, 4) is 0 Å². The van der Waals surface area contributed by atoms with Crippen molar-refractivity contribution in [2.75, 3.05) is 18.5 Å². The molecule has 1 fully saturated rings. The number of carbonyl (C=O) groups is 3. The number of anilines is 1. The molecule has 0 spiro atoms. The lowest BCUT2D eigenvalue weighted by Crippen LogP contribution is -2.47. The topological polar surface area (TPSA) is 117 Å². The number of aliphatic hydroxyl groups excluding tert-OH is 1. The Kier molecular flexibility index (Phi) is 7.40. The number of hydrogen-bond donors (Lipinski definition) is 4. The van der Waals surface area contributed by atoms with Crippen LogP contribution in [-0.2, 0) is 9.53 Å². The molecular weight excluding hydrogens is 338 g/mol. The summed E-state index contributed by atoms with van der Waals surface area (Å²) in [5.41, 5.74) is 0.745. The summed E-state index contributed by atoms with van der Waals surface area (Å²) >= 11 is 0. The van der Waals surface area contributed by atoms with Gasteiger partial charge >= 0.3 is 12.0 Å².